The Morgan fingerprint density at radius 1 is 1.09 bits per heavy atom. The molecule has 0 atom stereocenters. The predicted octanol–water partition coefficient (Wildman–Crippen LogP) is 5.02. The first kappa shape index (κ1) is 15.7. The van der Waals surface area contributed by atoms with Crippen LogP contribution < -0.4 is 5.63 Å². The average Bonchev–Trinajstić information content (AvgIpc) is 2.55. The van der Waals surface area contributed by atoms with Crippen molar-refractivity contribution in [2.24, 2.45) is 0 Å². The summed E-state index contributed by atoms with van der Waals surface area (Å²) in [6.07, 6.45) is 1.52. The molecule has 0 aliphatic rings. The lowest BCUT2D eigenvalue weighted by molar-refractivity contribution is 0.104. The lowest BCUT2D eigenvalue weighted by atomic mass is 10.1. The van der Waals surface area contributed by atoms with Gasteiger partial charge in [0.2, 0.25) is 5.78 Å². The van der Waals surface area contributed by atoms with Gasteiger partial charge in [-0.05, 0) is 35.9 Å². The molecule has 0 N–H and O–H groups in total. The van der Waals surface area contributed by atoms with Gasteiger partial charge in [-0.25, -0.2) is 4.79 Å². The average molecular weight is 390 g/mol. The van der Waals surface area contributed by atoms with Crippen LogP contribution in [-0.2, 0) is 0 Å². The molecule has 0 saturated heterocycles. The van der Waals surface area contributed by atoms with E-state index in [2.05, 4.69) is 15.9 Å². The summed E-state index contributed by atoms with van der Waals surface area (Å²) < 4.78 is 6.01. The Bertz CT molecular complexity index is 974. The highest BCUT2D eigenvalue weighted by molar-refractivity contribution is 9.10. The summed E-state index contributed by atoms with van der Waals surface area (Å²) in [5.74, 6) is -0.564. The van der Waals surface area contributed by atoms with Crippen LogP contribution in [0.15, 0.2) is 73.3 Å². The highest BCUT2D eigenvalue weighted by Crippen LogP contribution is 2.21. The zero-order valence-electron chi connectivity index (χ0n) is 11.8. The zero-order valence-corrected chi connectivity index (χ0v) is 14.1. The first-order valence-corrected chi connectivity index (χ1v) is 7.92. The van der Waals surface area contributed by atoms with Gasteiger partial charge in [0.25, 0.3) is 0 Å². The Labute approximate surface area is 145 Å². The van der Waals surface area contributed by atoms with Gasteiger partial charge in [-0.15, -0.1) is 0 Å². The van der Waals surface area contributed by atoms with E-state index in [1.54, 1.807) is 18.2 Å². The molecular formula is C18H10BrClO3. The Hall–Kier alpha value is -2.17. The van der Waals surface area contributed by atoms with E-state index < -0.39 is 11.4 Å². The maximum Gasteiger partial charge on any atom is 0.347 e. The summed E-state index contributed by atoms with van der Waals surface area (Å²) in [7, 11) is 0. The molecule has 0 saturated carbocycles. The Kier molecular flexibility index (Phi) is 4.46. The first-order valence-electron chi connectivity index (χ1n) is 6.75. The van der Waals surface area contributed by atoms with Crippen LogP contribution in [0.3, 0.4) is 0 Å². The van der Waals surface area contributed by atoms with Gasteiger partial charge in [-0.3, -0.25) is 4.79 Å². The molecule has 0 amide bonds. The van der Waals surface area contributed by atoms with Gasteiger partial charge in [0.15, 0.2) is 0 Å². The smallest absolute Gasteiger partial charge is 0.347 e. The fourth-order valence-corrected chi connectivity index (χ4v) is 2.75. The van der Waals surface area contributed by atoms with Gasteiger partial charge < -0.3 is 4.42 Å². The largest absolute Gasteiger partial charge is 0.422 e. The molecule has 0 unspecified atom stereocenters. The molecule has 0 aliphatic heterocycles. The first-order chi connectivity index (χ1) is 11.0. The Balaban J connectivity index is 2.05. The third-order valence-corrected chi connectivity index (χ3v) is 4.02. The number of carbonyl (C=O) groups is 1. The summed E-state index contributed by atoms with van der Waals surface area (Å²) in [6.45, 7) is 0. The summed E-state index contributed by atoms with van der Waals surface area (Å²) in [5, 5.41) is 0.601. The second kappa shape index (κ2) is 6.52. The highest BCUT2D eigenvalue weighted by atomic mass is 79.9. The van der Waals surface area contributed by atoms with E-state index in [-0.39, 0.29) is 10.6 Å². The minimum atomic E-state index is -0.704. The molecule has 1 aromatic heterocycles. The number of fused-ring (bicyclic) bond motifs is 1. The topological polar surface area (TPSA) is 47.3 Å². The summed E-state index contributed by atoms with van der Waals surface area (Å²) in [6, 6.07) is 15.9. The van der Waals surface area contributed by atoms with Crippen LogP contribution in [0.25, 0.3) is 17.0 Å². The van der Waals surface area contributed by atoms with Crippen LogP contribution in [0.5, 0.6) is 0 Å². The number of Topliss-reactive ketones (excluding diaryl/α,β-unsaturated/α-hetero) is 1. The van der Waals surface area contributed by atoms with E-state index in [9.17, 15) is 9.59 Å². The lowest BCUT2D eigenvalue weighted by Crippen LogP contribution is -2.13. The third kappa shape index (κ3) is 3.44. The van der Waals surface area contributed by atoms with Crippen molar-refractivity contribution in [1.29, 1.82) is 0 Å². The van der Waals surface area contributed by atoms with E-state index in [0.29, 0.717) is 11.0 Å². The normalized spacial score (nSPS) is 11.7. The quantitative estimate of drug-likeness (QED) is 0.359. The van der Waals surface area contributed by atoms with Crippen molar-refractivity contribution in [3.05, 3.63) is 85.6 Å². The maximum atomic E-state index is 12.4. The molecule has 1 heterocycles. The molecule has 0 radical (unpaired) electrons. The van der Waals surface area contributed by atoms with E-state index in [0.717, 1.165) is 10.0 Å². The van der Waals surface area contributed by atoms with Crippen molar-refractivity contribution < 1.29 is 9.21 Å². The standard InChI is InChI=1S/C18H10BrClO3/c19-13-6-7-16-12(9-13)10-14(18(22)23-16)17(21)15(20)8-11-4-2-1-3-5-11/h1-10H/b15-8+. The predicted molar refractivity (Wildman–Crippen MR) is 94.8 cm³/mol. The molecular weight excluding hydrogens is 380 g/mol. The van der Waals surface area contributed by atoms with Crippen molar-refractivity contribution >= 4 is 50.4 Å². The van der Waals surface area contributed by atoms with E-state index in [1.807, 2.05) is 30.3 Å². The van der Waals surface area contributed by atoms with Crippen LogP contribution in [-0.4, -0.2) is 5.78 Å². The number of rotatable bonds is 3. The van der Waals surface area contributed by atoms with Crippen LogP contribution in [0, 0.1) is 0 Å². The van der Waals surface area contributed by atoms with Crippen LogP contribution >= 0.6 is 27.5 Å². The molecule has 0 spiro atoms. The van der Waals surface area contributed by atoms with E-state index in [4.69, 9.17) is 16.0 Å². The summed E-state index contributed by atoms with van der Waals surface area (Å²) in [5.41, 5.74) is 0.397. The molecule has 0 bridgehead atoms. The maximum absolute atomic E-state index is 12.4. The van der Waals surface area contributed by atoms with Gasteiger partial charge in [-0.1, -0.05) is 57.9 Å². The molecule has 0 fully saturated rings. The van der Waals surface area contributed by atoms with Gasteiger partial charge in [0.05, 0.1) is 5.03 Å². The summed E-state index contributed by atoms with van der Waals surface area (Å²) >= 11 is 9.42. The molecule has 23 heavy (non-hydrogen) atoms. The molecule has 114 valence electrons. The molecule has 0 aliphatic carbocycles. The molecule has 3 rings (SSSR count). The number of hydrogen-bond donors (Lipinski definition) is 0. The van der Waals surface area contributed by atoms with Crippen molar-refractivity contribution in [1.82, 2.24) is 0 Å². The van der Waals surface area contributed by atoms with E-state index in [1.165, 1.54) is 12.1 Å². The molecule has 3 aromatic rings. The number of benzene rings is 2. The molecule has 5 heteroatoms. The van der Waals surface area contributed by atoms with Crippen molar-refractivity contribution in [3.8, 4) is 0 Å². The van der Waals surface area contributed by atoms with Crippen molar-refractivity contribution in [2.75, 3.05) is 0 Å². The highest BCUT2D eigenvalue weighted by Gasteiger charge is 2.17. The van der Waals surface area contributed by atoms with Crippen LogP contribution in [0.4, 0.5) is 0 Å². The zero-order chi connectivity index (χ0) is 16.4. The SMILES string of the molecule is O=C(/C(Cl)=C\c1ccccc1)c1cc2cc(Br)ccc2oc1=O. The summed E-state index contributed by atoms with van der Waals surface area (Å²) in [4.78, 5) is 24.5. The van der Waals surface area contributed by atoms with Gasteiger partial charge in [0.1, 0.15) is 11.1 Å². The molecule has 2 aromatic carbocycles. The minimum absolute atomic E-state index is 0.0437. The number of halogens is 2. The van der Waals surface area contributed by atoms with Crippen LogP contribution in [0.1, 0.15) is 15.9 Å². The molecule has 3 nitrogen and oxygen atoms in total. The number of carbonyl (C=O) groups excluding carboxylic acids is 1. The van der Waals surface area contributed by atoms with Gasteiger partial charge in [-0.2, -0.15) is 0 Å². The Morgan fingerprint density at radius 3 is 2.57 bits per heavy atom. The fraction of sp³-hybridized carbons (Fsp3) is 0. The second-order valence-corrected chi connectivity index (χ2v) is 6.18. The van der Waals surface area contributed by atoms with E-state index >= 15 is 0 Å². The van der Waals surface area contributed by atoms with Crippen LogP contribution in [0.2, 0.25) is 0 Å². The van der Waals surface area contributed by atoms with Crippen molar-refractivity contribution in [3.63, 3.8) is 0 Å². The Morgan fingerprint density at radius 2 is 1.83 bits per heavy atom. The lowest BCUT2D eigenvalue weighted by Gasteiger charge is -2.02. The number of allylic oxidation sites excluding steroid dienone is 1. The number of ketones is 1. The van der Waals surface area contributed by atoms with Gasteiger partial charge >= 0.3 is 5.63 Å². The number of hydrogen-bond acceptors (Lipinski definition) is 3. The minimum Gasteiger partial charge on any atom is -0.422 e. The monoisotopic (exact) mass is 388 g/mol. The van der Waals surface area contributed by atoms with Crippen molar-refractivity contribution in [2.45, 2.75) is 0 Å². The third-order valence-electron chi connectivity index (χ3n) is 3.25. The fourth-order valence-electron chi connectivity index (χ4n) is 2.14. The van der Waals surface area contributed by atoms with Gasteiger partial charge in [0, 0.05) is 9.86 Å². The second-order valence-electron chi connectivity index (χ2n) is 4.86.